The van der Waals surface area contributed by atoms with Crippen LogP contribution >= 0.6 is 12.4 Å². The molecule has 114 valence electrons. The van der Waals surface area contributed by atoms with Gasteiger partial charge in [-0.25, -0.2) is 0 Å². The molecule has 0 aliphatic rings. The highest BCUT2D eigenvalue weighted by molar-refractivity contribution is 5.85. The van der Waals surface area contributed by atoms with Gasteiger partial charge in [0.1, 0.15) is 5.75 Å². The predicted molar refractivity (Wildman–Crippen MR) is 84.3 cm³/mol. The lowest BCUT2D eigenvalue weighted by atomic mass is 10.1. The molecule has 1 amide bonds. The van der Waals surface area contributed by atoms with Gasteiger partial charge in [-0.1, -0.05) is 31.5 Å². The lowest BCUT2D eigenvalue weighted by molar-refractivity contribution is -0.131. The van der Waals surface area contributed by atoms with E-state index in [0.717, 1.165) is 25.0 Å². The lowest BCUT2D eigenvalue weighted by Crippen LogP contribution is -2.42. The van der Waals surface area contributed by atoms with E-state index in [1.807, 2.05) is 37.3 Å². The van der Waals surface area contributed by atoms with Crippen LogP contribution in [0.4, 0.5) is 0 Å². The first-order valence-corrected chi connectivity index (χ1v) is 6.83. The Bertz CT molecular complexity index is 373. The van der Waals surface area contributed by atoms with E-state index < -0.39 is 0 Å². The van der Waals surface area contributed by atoms with E-state index in [9.17, 15) is 4.79 Å². The van der Waals surface area contributed by atoms with E-state index >= 15 is 0 Å². The van der Waals surface area contributed by atoms with E-state index in [2.05, 4.69) is 0 Å². The van der Waals surface area contributed by atoms with Crippen LogP contribution in [0.25, 0.3) is 0 Å². The average molecular weight is 301 g/mol. The fourth-order valence-corrected chi connectivity index (χ4v) is 1.84. The molecule has 0 aliphatic heterocycles. The van der Waals surface area contributed by atoms with Crippen LogP contribution < -0.4 is 10.5 Å². The second-order valence-electron chi connectivity index (χ2n) is 4.67. The van der Waals surface area contributed by atoms with Crippen molar-refractivity contribution < 1.29 is 9.53 Å². The van der Waals surface area contributed by atoms with Gasteiger partial charge in [-0.2, -0.15) is 0 Å². The third kappa shape index (κ3) is 6.78. The summed E-state index contributed by atoms with van der Waals surface area (Å²) in [5, 5.41) is 0. The number of likely N-dealkylation sites (N-methyl/N-ethyl adjacent to an activating group) is 1. The van der Waals surface area contributed by atoms with Crippen molar-refractivity contribution >= 4 is 18.3 Å². The number of nitrogens with zero attached hydrogens (tertiary/aromatic N) is 1. The SMILES string of the molecule is CCCC(N)C(=O)N(C)CCCOc1ccccc1.Cl. The fraction of sp³-hybridized carbons (Fsp3) is 0.533. The zero-order valence-electron chi connectivity index (χ0n) is 12.2. The molecular formula is C15H25ClN2O2. The van der Waals surface area contributed by atoms with Crippen LogP contribution in [-0.2, 0) is 4.79 Å². The summed E-state index contributed by atoms with van der Waals surface area (Å²) in [6.07, 6.45) is 2.47. The maximum absolute atomic E-state index is 11.9. The molecule has 0 spiro atoms. The van der Waals surface area contributed by atoms with Crippen LogP contribution in [0.5, 0.6) is 5.75 Å². The molecule has 0 bridgehead atoms. The molecule has 1 rings (SSSR count). The molecule has 0 aliphatic carbocycles. The molecule has 1 aromatic carbocycles. The number of ether oxygens (including phenoxy) is 1. The Kier molecular flexibility index (Phi) is 9.86. The molecule has 4 nitrogen and oxygen atoms in total. The van der Waals surface area contributed by atoms with Crippen LogP contribution in [0, 0.1) is 0 Å². The minimum Gasteiger partial charge on any atom is -0.494 e. The first kappa shape index (κ1) is 18.7. The van der Waals surface area contributed by atoms with Crippen LogP contribution in [0.1, 0.15) is 26.2 Å². The minimum absolute atomic E-state index is 0. The first-order chi connectivity index (χ1) is 9.15. The van der Waals surface area contributed by atoms with Crippen molar-refractivity contribution in [2.24, 2.45) is 5.73 Å². The number of hydrogen-bond acceptors (Lipinski definition) is 3. The van der Waals surface area contributed by atoms with E-state index in [0.29, 0.717) is 13.2 Å². The Hall–Kier alpha value is -1.26. The number of hydrogen-bond donors (Lipinski definition) is 1. The van der Waals surface area contributed by atoms with Crippen molar-refractivity contribution in [3.05, 3.63) is 30.3 Å². The van der Waals surface area contributed by atoms with Gasteiger partial charge in [0.2, 0.25) is 5.91 Å². The Morgan fingerprint density at radius 3 is 2.60 bits per heavy atom. The largest absolute Gasteiger partial charge is 0.494 e. The molecule has 0 aromatic heterocycles. The van der Waals surface area contributed by atoms with Gasteiger partial charge in [0.25, 0.3) is 0 Å². The predicted octanol–water partition coefficient (Wildman–Crippen LogP) is 2.46. The highest BCUT2D eigenvalue weighted by atomic mass is 35.5. The summed E-state index contributed by atoms with van der Waals surface area (Å²) in [7, 11) is 1.79. The number of amides is 1. The minimum atomic E-state index is -0.370. The van der Waals surface area contributed by atoms with E-state index in [1.165, 1.54) is 0 Å². The summed E-state index contributed by atoms with van der Waals surface area (Å²) < 4.78 is 5.57. The maximum Gasteiger partial charge on any atom is 0.239 e. The van der Waals surface area contributed by atoms with E-state index in [-0.39, 0.29) is 24.4 Å². The zero-order valence-corrected chi connectivity index (χ0v) is 13.1. The van der Waals surface area contributed by atoms with Gasteiger partial charge in [-0.05, 0) is 25.0 Å². The summed E-state index contributed by atoms with van der Waals surface area (Å²) in [6.45, 7) is 3.30. The second-order valence-corrected chi connectivity index (χ2v) is 4.67. The van der Waals surface area contributed by atoms with Gasteiger partial charge in [0.15, 0.2) is 0 Å². The average Bonchev–Trinajstić information content (AvgIpc) is 2.44. The summed E-state index contributed by atoms with van der Waals surface area (Å²) in [4.78, 5) is 13.5. The highest BCUT2D eigenvalue weighted by Gasteiger charge is 2.16. The molecular weight excluding hydrogens is 276 g/mol. The second kappa shape index (κ2) is 10.5. The van der Waals surface area contributed by atoms with Crippen molar-refractivity contribution in [2.75, 3.05) is 20.2 Å². The molecule has 0 radical (unpaired) electrons. The molecule has 20 heavy (non-hydrogen) atoms. The Balaban J connectivity index is 0.00000361. The van der Waals surface area contributed by atoms with Gasteiger partial charge in [0.05, 0.1) is 12.6 Å². The molecule has 1 unspecified atom stereocenters. The van der Waals surface area contributed by atoms with Crippen LogP contribution in [0.15, 0.2) is 30.3 Å². The number of carbonyl (C=O) groups is 1. The van der Waals surface area contributed by atoms with Crippen molar-refractivity contribution in [2.45, 2.75) is 32.2 Å². The number of nitrogens with two attached hydrogens (primary N) is 1. The van der Waals surface area contributed by atoms with E-state index in [4.69, 9.17) is 10.5 Å². The van der Waals surface area contributed by atoms with Crippen LogP contribution in [0.3, 0.4) is 0 Å². The van der Waals surface area contributed by atoms with Gasteiger partial charge >= 0.3 is 0 Å². The lowest BCUT2D eigenvalue weighted by Gasteiger charge is -2.21. The number of halogens is 1. The highest BCUT2D eigenvalue weighted by Crippen LogP contribution is 2.08. The maximum atomic E-state index is 11.9. The number of rotatable bonds is 8. The van der Waals surface area contributed by atoms with Gasteiger partial charge in [-0.15, -0.1) is 12.4 Å². The smallest absolute Gasteiger partial charge is 0.239 e. The molecule has 2 N–H and O–H groups in total. The molecule has 0 fully saturated rings. The fourth-order valence-electron chi connectivity index (χ4n) is 1.84. The number of para-hydroxylation sites is 1. The summed E-state index contributed by atoms with van der Waals surface area (Å²) >= 11 is 0. The molecule has 1 aromatic rings. The summed E-state index contributed by atoms with van der Waals surface area (Å²) in [5.41, 5.74) is 5.80. The Morgan fingerprint density at radius 2 is 2.00 bits per heavy atom. The molecule has 0 heterocycles. The number of benzene rings is 1. The summed E-state index contributed by atoms with van der Waals surface area (Å²) in [5.74, 6) is 0.876. The van der Waals surface area contributed by atoms with Crippen LogP contribution in [0.2, 0.25) is 0 Å². The molecule has 5 heteroatoms. The monoisotopic (exact) mass is 300 g/mol. The first-order valence-electron chi connectivity index (χ1n) is 6.83. The van der Waals surface area contributed by atoms with Gasteiger partial charge in [-0.3, -0.25) is 4.79 Å². The quantitative estimate of drug-likeness (QED) is 0.750. The zero-order chi connectivity index (χ0) is 14.1. The molecule has 0 saturated heterocycles. The van der Waals surface area contributed by atoms with Gasteiger partial charge in [0, 0.05) is 13.6 Å². The number of carbonyl (C=O) groups excluding carboxylic acids is 1. The molecule has 1 atom stereocenters. The third-order valence-corrected chi connectivity index (χ3v) is 2.94. The van der Waals surface area contributed by atoms with E-state index in [1.54, 1.807) is 11.9 Å². The van der Waals surface area contributed by atoms with Crippen LogP contribution in [-0.4, -0.2) is 37.0 Å². The Morgan fingerprint density at radius 1 is 1.35 bits per heavy atom. The van der Waals surface area contributed by atoms with Crippen molar-refractivity contribution in [1.29, 1.82) is 0 Å². The molecule has 0 saturated carbocycles. The normalized spacial score (nSPS) is 11.3. The van der Waals surface area contributed by atoms with Crippen molar-refractivity contribution in [3.8, 4) is 5.75 Å². The third-order valence-electron chi connectivity index (χ3n) is 2.94. The van der Waals surface area contributed by atoms with Crippen molar-refractivity contribution in [3.63, 3.8) is 0 Å². The standard InChI is InChI=1S/C15H24N2O2.ClH/c1-3-8-14(16)15(18)17(2)11-7-12-19-13-9-5-4-6-10-13;/h4-6,9-10,14H,3,7-8,11-12,16H2,1-2H3;1H. The summed E-state index contributed by atoms with van der Waals surface area (Å²) in [6, 6.07) is 9.31. The topological polar surface area (TPSA) is 55.6 Å². The van der Waals surface area contributed by atoms with Crippen molar-refractivity contribution in [1.82, 2.24) is 4.90 Å². The van der Waals surface area contributed by atoms with Gasteiger partial charge < -0.3 is 15.4 Å². The Labute approximate surface area is 127 Å².